The van der Waals surface area contributed by atoms with E-state index in [9.17, 15) is 9.59 Å². The number of nitrogens with one attached hydrogen (secondary N) is 1. The van der Waals surface area contributed by atoms with E-state index < -0.39 is 11.9 Å². The van der Waals surface area contributed by atoms with Crippen molar-refractivity contribution >= 4 is 43.7 Å². The van der Waals surface area contributed by atoms with Crippen LogP contribution in [0.3, 0.4) is 0 Å². The van der Waals surface area contributed by atoms with Crippen LogP contribution in [0.4, 0.5) is 0 Å². The Morgan fingerprint density at radius 3 is 2.76 bits per heavy atom. The summed E-state index contributed by atoms with van der Waals surface area (Å²) in [6.07, 6.45) is 2.13. The van der Waals surface area contributed by atoms with Crippen LogP contribution in [0.2, 0.25) is 0 Å². The van der Waals surface area contributed by atoms with Gasteiger partial charge in [-0.1, -0.05) is 22.4 Å². The maximum Gasteiger partial charge on any atom is 0.308 e. The normalized spacial score (nSPS) is 21.0. The Morgan fingerprint density at radius 2 is 2.10 bits per heavy atom. The van der Waals surface area contributed by atoms with Crippen LogP contribution >= 0.6 is 31.9 Å². The summed E-state index contributed by atoms with van der Waals surface area (Å²) in [6.45, 7) is -0.136. The average Bonchev–Trinajstić information content (AvgIpc) is 2.86. The minimum absolute atomic E-state index is 0.136. The predicted molar refractivity (Wildman–Crippen MR) is 84.2 cm³/mol. The van der Waals surface area contributed by atoms with E-state index in [0.717, 1.165) is 15.4 Å². The van der Waals surface area contributed by atoms with Crippen LogP contribution in [0.25, 0.3) is 0 Å². The van der Waals surface area contributed by atoms with E-state index in [-0.39, 0.29) is 18.6 Å². The molecule has 0 aromatic heterocycles. The number of hydrogen-bond acceptors (Lipinski definition) is 3. The molecule has 1 fully saturated rings. The zero-order valence-corrected chi connectivity index (χ0v) is 14.3. The van der Waals surface area contributed by atoms with E-state index in [2.05, 4.69) is 37.2 Å². The van der Waals surface area contributed by atoms with Crippen molar-refractivity contribution in [3.05, 3.63) is 27.1 Å². The molecule has 0 radical (unpaired) electrons. The maximum atomic E-state index is 11.9. The fraction of sp³-hybridized carbons (Fsp3) is 0.429. The van der Waals surface area contributed by atoms with Crippen molar-refractivity contribution in [3.8, 4) is 5.75 Å². The van der Waals surface area contributed by atoms with E-state index >= 15 is 0 Å². The van der Waals surface area contributed by atoms with Crippen LogP contribution < -0.4 is 10.1 Å². The molecule has 2 unspecified atom stereocenters. The Kier molecular flexibility index (Phi) is 5.64. The quantitative estimate of drug-likeness (QED) is 0.767. The first-order valence-corrected chi connectivity index (χ1v) is 8.16. The molecule has 1 aliphatic rings. The lowest BCUT2D eigenvalue weighted by molar-refractivity contribution is -0.142. The molecular weight excluding hydrogens is 406 g/mol. The largest absolute Gasteiger partial charge is 0.483 e. The summed E-state index contributed by atoms with van der Waals surface area (Å²) in [7, 11) is 0. The number of hydrogen-bond donors (Lipinski definition) is 2. The summed E-state index contributed by atoms with van der Waals surface area (Å²) in [5.41, 5.74) is 0. The number of rotatable bonds is 5. The molecule has 0 heterocycles. The summed E-state index contributed by atoms with van der Waals surface area (Å²) >= 11 is 6.68. The number of halogens is 2. The molecule has 2 N–H and O–H groups in total. The number of ether oxygens (including phenoxy) is 1. The second kappa shape index (κ2) is 7.26. The SMILES string of the molecule is O=C(COc1ccc(Br)cc1Br)NC1CCCC1C(=O)O. The third kappa shape index (κ3) is 4.44. The van der Waals surface area contributed by atoms with Crippen LogP contribution in [0, 0.1) is 5.92 Å². The molecule has 0 aliphatic heterocycles. The van der Waals surface area contributed by atoms with Gasteiger partial charge < -0.3 is 15.2 Å². The highest BCUT2D eigenvalue weighted by Crippen LogP contribution is 2.28. The summed E-state index contributed by atoms with van der Waals surface area (Å²) < 4.78 is 7.08. The number of carbonyl (C=O) groups excluding carboxylic acids is 1. The van der Waals surface area contributed by atoms with E-state index in [4.69, 9.17) is 9.84 Å². The van der Waals surface area contributed by atoms with Gasteiger partial charge in [0, 0.05) is 10.5 Å². The molecule has 0 saturated heterocycles. The summed E-state index contributed by atoms with van der Waals surface area (Å²) in [5, 5.41) is 11.8. The maximum absolute atomic E-state index is 11.9. The van der Waals surface area contributed by atoms with Gasteiger partial charge in [0.25, 0.3) is 5.91 Å². The molecule has 114 valence electrons. The zero-order chi connectivity index (χ0) is 15.4. The lowest BCUT2D eigenvalue weighted by Gasteiger charge is -2.17. The average molecular weight is 421 g/mol. The molecule has 2 atom stereocenters. The lowest BCUT2D eigenvalue weighted by Crippen LogP contribution is -2.42. The predicted octanol–water partition coefficient (Wildman–Crippen LogP) is 2.96. The van der Waals surface area contributed by atoms with Crippen LogP contribution in [0.5, 0.6) is 5.75 Å². The van der Waals surface area contributed by atoms with Gasteiger partial charge in [-0.15, -0.1) is 0 Å². The molecule has 0 bridgehead atoms. The number of carbonyl (C=O) groups is 2. The van der Waals surface area contributed by atoms with Gasteiger partial charge >= 0.3 is 5.97 Å². The number of aliphatic carboxylic acids is 1. The smallest absolute Gasteiger partial charge is 0.308 e. The zero-order valence-electron chi connectivity index (χ0n) is 11.1. The summed E-state index contributed by atoms with van der Waals surface area (Å²) in [5.74, 6) is -1.08. The van der Waals surface area contributed by atoms with Gasteiger partial charge in [-0.25, -0.2) is 0 Å². The topological polar surface area (TPSA) is 75.6 Å². The molecule has 21 heavy (non-hydrogen) atoms. The first-order chi connectivity index (χ1) is 9.97. The van der Waals surface area contributed by atoms with Gasteiger partial charge in [0.05, 0.1) is 10.4 Å². The number of amides is 1. The third-order valence-electron chi connectivity index (χ3n) is 3.43. The van der Waals surface area contributed by atoms with Gasteiger partial charge in [0.15, 0.2) is 6.61 Å². The molecule has 1 amide bonds. The van der Waals surface area contributed by atoms with Crippen LogP contribution in [-0.4, -0.2) is 29.6 Å². The first-order valence-electron chi connectivity index (χ1n) is 6.57. The van der Waals surface area contributed by atoms with Crippen molar-refractivity contribution in [2.75, 3.05) is 6.61 Å². The van der Waals surface area contributed by atoms with Crippen LogP contribution in [-0.2, 0) is 9.59 Å². The first kappa shape index (κ1) is 16.3. The Hall–Kier alpha value is -1.08. The van der Waals surface area contributed by atoms with Crippen molar-refractivity contribution in [1.29, 1.82) is 0 Å². The van der Waals surface area contributed by atoms with Gasteiger partial charge in [0.2, 0.25) is 0 Å². The third-order valence-corrected chi connectivity index (χ3v) is 4.55. The fourth-order valence-electron chi connectivity index (χ4n) is 2.41. The Bertz CT molecular complexity index is 550. The molecule has 1 aliphatic carbocycles. The molecule has 1 aromatic rings. The Morgan fingerprint density at radius 1 is 1.33 bits per heavy atom. The molecule has 1 aromatic carbocycles. The number of carboxylic acid groups (broad SMARTS) is 1. The molecule has 2 rings (SSSR count). The second-order valence-electron chi connectivity index (χ2n) is 4.91. The molecule has 5 nitrogen and oxygen atoms in total. The molecule has 1 saturated carbocycles. The van der Waals surface area contributed by atoms with Crippen molar-refractivity contribution in [2.24, 2.45) is 5.92 Å². The highest BCUT2D eigenvalue weighted by atomic mass is 79.9. The van der Waals surface area contributed by atoms with Gasteiger partial charge in [-0.3, -0.25) is 9.59 Å². The van der Waals surface area contributed by atoms with Gasteiger partial charge in [-0.2, -0.15) is 0 Å². The van der Waals surface area contributed by atoms with Crippen molar-refractivity contribution in [1.82, 2.24) is 5.32 Å². The van der Waals surface area contributed by atoms with Crippen molar-refractivity contribution < 1.29 is 19.4 Å². The Balaban J connectivity index is 1.86. The minimum atomic E-state index is -0.852. The second-order valence-corrected chi connectivity index (χ2v) is 6.68. The van der Waals surface area contributed by atoms with E-state index in [0.29, 0.717) is 18.6 Å². The summed E-state index contributed by atoms with van der Waals surface area (Å²) in [4.78, 5) is 22.9. The van der Waals surface area contributed by atoms with Crippen molar-refractivity contribution in [3.63, 3.8) is 0 Å². The Labute approximate surface area is 139 Å². The molecule has 7 heteroatoms. The van der Waals surface area contributed by atoms with E-state index in [1.807, 2.05) is 12.1 Å². The molecule has 0 spiro atoms. The van der Waals surface area contributed by atoms with E-state index in [1.54, 1.807) is 6.07 Å². The van der Waals surface area contributed by atoms with E-state index in [1.165, 1.54) is 0 Å². The molecular formula is C14H15Br2NO4. The van der Waals surface area contributed by atoms with Crippen LogP contribution in [0.15, 0.2) is 27.1 Å². The van der Waals surface area contributed by atoms with Gasteiger partial charge in [-0.05, 0) is 47.0 Å². The number of benzene rings is 1. The van der Waals surface area contributed by atoms with Crippen molar-refractivity contribution in [2.45, 2.75) is 25.3 Å². The fourth-order valence-corrected chi connectivity index (χ4v) is 3.57. The van der Waals surface area contributed by atoms with Crippen LogP contribution in [0.1, 0.15) is 19.3 Å². The summed E-state index contributed by atoms with van der Waals surface area (Å²) in [6, 6.07) is 5.09. The highest BCUT2D eigenvalue weighted by molar-refractivity contribution is 9.11. The lowest BCUT2D eigenvalue weighted by atomic mass is 10.0. The highest BCUT2D eigenvalue weighted by Gasteiger charge is 2.33. The minimum Gasteiger partial charge on any atom is -0.483 e. The monoisotopic (exact) mass is 419 g/mol. The van der Waals surface area contributed by atoms with Gasteiger partial charge in [0.1, 0.15) is 5.75 Å². The standard InChI is InChI=1S/C14H15Br2NO4/c15-8-4-5-12(10(16)6-8)21-7-13(18)17-11-3-1-2-9(11)14(19)20/h4-6,9,11H,1-3,7H2,(H,17,18)(H,19,20). The number of carboxylic acids is 1.